The monoisotopic (exact) mass is 357 g/mol. The number of rotatable bonds is 5. The van der Waals surface area contributed by atoms with E-state index in [1.165, 1.54) is 19.1 Å². The number of hydrogen-bond donors (Lipinski definition) is 1. The summed E-state index contributed by atoms with van der Waals surface area (Å²) >= 11 is 1.15. The van der Waals surface area contributed by atoms with Crippen LogP contribution in [0.4, 0.5) is 18.9 Å². The first-order chi connectivity index (χ1) is 11.3. The molecule has 1 aliphatic carbocycles. The molecule has 0 saturated heterocycles. The number of halogens is 3. The number of carbonyl (C=O) groups excluding carboxylic acids is 1. The van der Waals surface area contributed by atoms with Crippen LogP contribution in [0.2, 0.25) is 0 Å². The number of hydrogen-bond acceptors (Lipinski definition) is 5. The predicted molar refractivity (Wildman–Crippen MR) is 81.6 cm³/mol. The standard InChI is InChI=1S/C14H14F3N5OS/c1-8-2-3-9(6-11(8)14(15,16)17)18-12(23)7-24-13-19-20-21-22(13)10-4-5-10/h2-3,6,10H,4-5,7H2,1H3,(H,18,23). The van der Waals surface area contributed by atoms with Gasteiger partial charge in [0, 0.05) is 5.69 Å². The van der Waals surface area contributed by atoms with E-state index >= 15 is 0 Å². The van der Waals surface area contributed by atoms with Gasteiger partial charge in [-0.3, -0.25) is 4.79 Å². The van der Waals surface area contributed by atoms with Crippen molar-refractivity contribution in [2.75, 3.05) is 11.1 Å². The van der Waals surface area contributed by atoms with Crippen molar-refractivity contribution in [1.29, 1.82) is 0 Å². The van der Waals surface area contributed by atoms with Crippen LogP contribution in [0.5, 0.6) is 0 Å². The van der Waals surface area contributed by atoms with Gasteiger partial charge < -0.3 is 5.32 Å². The van der Waals surface area contributed by atoms with E-state index in [1.807, 2.05) is 0 Å². The van der Waals surface area contributed by atoms with Crippen LogP contribution in [0, 0.1) is 6.92 Å². The molecule has 1 N–H and O–H groups in total. The van der Waals surface area contributed by atoms with Crippen LogP contribution >= 0.6 is 11.8 Å². The zero-order valence-corrected chi connectivity index (χ0v) is 13.5. The number of tetrazole rings is 1. The van der Waals surface area contributed by atoms with E-state index < -0.39 is 17.6 Å². The van der Waals surface area contributed by atoms with Crippen molar-refractivity contribution >= 4 is 23.4 Å². The van der Waals surface area contributed by atoms with Crippen LogP contribution < -0.4 is 5.32 Å². The second-order valence-electron chi connectivity index (χ2n) is 5.50. The van der Waals surface area contributed by atoms with Gasteiger partial charge in [0.05, 0.1) is 17.4 Å². The number of nitrogens with one attached hydrogen (secondary N) is 1. The average Bonchev–Trinajstić information content (AvgIpc) is 3.24. The summed E-state index contributed by atoms with van der Waals surface area (Å²) < 4.78 is 40.3. The predicted octanol–water partition coefficient (Wildman–Crippen LogP) is 3.07. The summed E-state index contributed by atoms with van der Waals surface area (Å²) in [5.41, 5.74) is -0.538. The van der Waals surface area contributed by atoms with Crippen LogP contribution in [0.3, 0.4) is 0 Å². The molecule has 0 bridgehead atoms. The molecule has 1 saturated carbocycles. The Labute approximate surface area is 139 Å². The number of carbonyl (C=O) groups is 1. The number of aryl methyl sites for hydroxylation is 1. The zero-order chi connectivity index (χ0) is 17.3. The van der Waals surface area contributed by atoms with Gasteiger partial charge in [-0.15, -0.1) is 5.10 Å². The number of anilines is 1. The Kier molecular flexibility index (Phi) is 4.48. The molecular formula is C14H14F3N5OS. The Morgan fingerprint density at radius 1 is 1.42 bits per heavy atom. The van der Waals surface area contributed by atoms with Crippen molar-refractivity contribution in [3.8, 4) is 0 Å². The second-order valence-corrected chi connectivity index (χ2v) is 6.44. The maximum atomic E-state index is 12.9. The molecule has 6 nitrogen and oxygen atoms in total. The van der Waals surface area contributed by atoms with Gasteiger partial charge in [-0.05, 0) is 47.9 Å². The van der Waals surface area contributed by atoms with Gasteiger partial charge in [-0.25, -0.2) is 4.68 Å². The highest BCUT2D eigenvalue weighted by Gasteiger charge is 2.32. The maximum Gasteiger partial charge on any atom is 0.416 e. The summed E-state index contributed by atoms with van der Waals surface area (Å²) in [6, 6.07) is 4.00. The molecule has 1 aliphatic rings. The fourth-order valence-electron chi connectivity index (χ4n) is 2.16. The van der Waals surface area contributed by atoms with E-state index in [0.717, 1.165) is 30.7 Å². The molecule has 1 aromatic heterocycles. The normalized spacial score (nSPS) is 14.7. The molecule has 1 heterocycles. The number of amides is 1. The molecular weight excluding hydrogens is 343 g/mol. The Morgan fingerprint density at radius 2 is 2.17 bits per heavy atom. The summed E-state index contributed by atoms with van der Waals surface area (Å²) in [5.74, 6) is -0.398. The molecule has 10 heteroatoms. The third kappa shape index (κ3) is 3.86. The third-order valence-electron chi connectivity index (χ3n) is 3.51. The SMILES string of the molecule is Cc1ccc(NC(=O)CSc2nnnn2C2CC2)cc1C(F)(F)F. The Balaban J connectivity index is 1.61. The highest BCUT2D eigenvalue weighted by Crippen LogP contribution is 2.36. The van der Waals surface area contributed by atoms with Crippen molar-refractivity contribution in [2.45, 2.75) is 37.1 Å². The smallest absolute Gasteiger partial charge is 0.325 e. The molecule has 128 valence electrons. The largest absolute Gasteiger partial charge is 0.416 e. The minimum absolute atomic E-state index is 0.0162. The van der Waals surface area contributed by atoms with Gasteiger partial charge in [0.25, 0.3) is 0 Å². The molecule has 0 aliphatic heterocycles. The van der Waals surface area contributed by atoms with Crippen LogP contribution in [0.15, 0.2) is 23.4 Å². The lowest BCUT2D eigenvalue weighted by molar-refractivity contribution is -0.138. The van der Waals surface area contributed by atoms with E-state index in [-0.39, 0.29) is 23.0 Å². The van der Waals surface area contributed by atoms with Gasteiger partial charge >= 0.3 is 6.18 Å². The number of thioether (sulfide) groups is 1. The minimum Gasteiger partial charge on any atom is -0.325 e. The molecule has 2 aromatic rings. The van der Waals surface area contributed by atoms with E-state index in [4.69, 9.17) is 0 Å². The maximum absolute atomic E-state index is 12.9. The lowest BCUT2D eigenvalue weighted by Crippen LogP contribution is -2.16. The molecule has 0 unspecified atom stereocenters. The van der Waals surface area contributed by atoms with Crippen molar-refractivity contribution in [1.82, 2.24) is 20.2 Å². The van der Waals surface area contributed by atoms with Crippen LogP contribution in [-0.2, 0) is 11.0 Å². The number of nitrogens with zero attached hydrogens (tertiary/aromatic N) is 4. The fraction of sp³-hybridized carbons (Fsp3) is 0.429. The van der Waals surface area contributed by atoms with Crippen LogP contribution in [0.25, 0.3) is 0 Å². The molecule has 1 aromatic carbocycles. The van der Waals surface area contributed by atoms with Crippen LogP contribution in [0.1, 0.15) is 30.0 Å². The molecule has 1 fully saturated rings. The number of benzene rings is 1. The van der Waals surface area contributed by atoms with Gasteiger partial charge in [0.15, 0.2) is 0 Å². The van der Waals surface area contributed by atoms with Gasteiger partial charge in [-0.2, -0.15) is 13.2 Å². The topological polar surface area (TPSA) is 72.7 Å². The molecule has 3 rings (SSSR count). The molecule has 0 radical (unpaired) electrons. The first-order valence-electron chi connectivity index (χ1n) is 7.23. The van der Waals surface area contributed by atoms with Crippen molar-refractivity contribution < 1.29 is 18.0 Å². The minimum atomic E-state index is -4.45. The van der Waals surface area contributed by atoms with Gasteiger partial charge in [-0.1, -0.05) is 17.8 Å². The van der Waals surface area contributed by atoms with Crippen LogP contribution in [-0.4, -0.2) is 31.9 Å². The first-order valence-corrected chi connectivity index (χ1v) is 8.21. The highest BCUT2D eigenvalue weighted by molar-refractivity contribution is 7.99. The summed E-state index contributed by atoms with van der Waals surface area (Å²) in [7, 11) is 0. The molecule has 1 amide bonds. The Morgan fingerprint density at radius 3 is 2.83 bits per heavy atom. The zero-order valence-electron chi connectivity index (χ0n) is 12.7. The van der Waals surface area contributed by atoms with Gasteiger partial charge in [0.2, 0.25) is 11.1 Å². The fourth-order valence-corrected chi connectivity index (χ4v) is 2.91. The third-order valence-corrected chi connectivity index (χ3v) is 4.45. The molecule has 24 heavy (non-hydrogen) atoms. The molecule has 0 spiro atoms. The molecule has 0 atom stereocenters. The summed E-state index contributed by atoms with van der Waals surface area (Å²) in [6.07, 6.45) is -2.44. The summed E-state index contributed by atoms with van der Waals surface area (Å²) in [6.45, 7) is 1.38. The highest BCUT2D eigenvalue weighted by atomic mass is 32.2. The average molecular weight is 357 g/mol. The van der Waals surface area contributed by atoms with Crippen molar-refractivity contribution in [2.24, 2.45) is 0 Å². The second kappa shape index (κ2) is 6.42. The Hall–Kier alpha value is -2.10. The van der Waals surface area contributed by atoms with E-state index in [2.05, 4.69) is 20.8 Å². The number of alkyl halides is 3. The number of aromatic nitrogens is 4. The van der Waals surface area contributed by atoms with Gasteiger partial charge in [0.1, 0.15) is 0 Å². The van der Waals surface area contributed by atoms with E-state index in [9.17, 15) is 18.0 Å². The van der Waals surface area contributed by atoms with E-state index in [1.54, 1.807) is 4.68 Å². The first kappa shape index (κ1) is 16.7. The van der Waals surface area contributed by atoms with Crippen molar-refractivity contribution in [3.63, 3.8) is 0 Å². The summed E-state index contributed by atoms with van der Waals surface area (Å²) in [4.78, 5) is 12.0. The Bertz CT molecular complexity index is 757. The lowest BCUT2D eigenvalue weighted by Gasteiger charge is -2.12. The van der Waals surface area contributed by atoms with Crippen molar-refractivity contribution in [3.05, 3.63) is 29.3 Å². The summed E-state index contributed by atoms with van der Waals surface area (Å²) in [5, 5.41) is 14.3. The lowest BCUT2D eigenvalue weighted by atomic mass is 10.1. The van der Waals surface area contributed by atoms with E-state index in [0.29, 0.717) is 5.16 Å². The quantitative estimate of drug-likeness (QED) is 0.833.